The number of carbonyl (C=O) groups is 1. The standard InChI is InChI=1S/C17H19NO2S2/c1-3-20-17(19)15-13-6-4-5-7-14(13)22-16(15)18-10-12-9-8-11(2)21-12/h8-10H,3-7H2,1-2H3. The Balaban J connectivity index is 1.97. The van der Waals surface area contributed by atoms with Gasteiger partial charge < -0.3 is 4.74 Å². The van der Waals surface area contributed by atoms with Crippen molar-refractivity contribution in [3.63, 3.8) is 0 Å². The summed E-state index contributed by atoms with van der Waals surface area (Å²) in [6.07, 6.45) is 6.22. The van der Waals surface area contributed by atoms with E-state index in [0.29, 0.717) is 12.2 Å². The molecule has 0 atom stereocenters. The molecule has 0 saturated carbocycles. The fourth-order valence-corrected chi connectivity index (χ4v) is 4.67. The Morgan fingerprint density at radius 2 is 2.14 bits per heavy atom. The van der Waals surface area contributed by atoms with Crippen LogP contribution in [0.3, 0.4) is 0 Å². The zero-order valence-electron chi connectivity index (χ0n) is 12.8. The SMILES string of the molecule is CCOC(=O)c1c(N=Cc2ccc(C)s2)sc2c1CCCC2. The Labute approximate surface area is 138 Å². The maximum Gasteiger partial charge on any atom is 0.341 e. The van der Waals surface area contributed by atoms with Crippen LogP contribution in [-0.2, 0) is 17.6 Å². The third kappa shape index (κ3) is 3.15. The summed E-state index contributed by atoms with van der Waals surface area (Å²) in [6.45, 7) is 4.32. The van der Waals surface area contributed by atoms with Gasteiger partial charge in [-0.1, -0.05) is 0 Å². The van der Waals surface area contributed by atoms with Crippen LogP contribution in [0.15, 0.2) is 17.1 Å². The molecule has 0 aromatic carbocycles. The number of hydrogen-bond acceptors (Lipinski definition) is 5. The molecule has 3 nitrogen and oxygen atoms in total. The lowest BCUT2D eigenvalue weighted by Gasteiger charge is -2.11. The number of nitrogens with zero attached hydrogens (tertiary/aromatic N) is 1. The van der Waals surface area contributed by atoms with E-state index in [1.165, 1.54) is 21.7 Å². The molecule has 5 heteroatoms. The Hall–Kier alpha value is -1.46. The zero-order chi connectivity index (χ0) is 15.5. The summed E-state index contributed by atoms with van der Waals surface area (Å²) < 4.78 is 5.25. The minimum absolute atomic E-state index is 0.226. The van der Waals surface area contributed by atoms with Gasteiger partial charge >= 0.3 is 5.97 Å². The van der Waals surface area contributed by atoms with Crippen LogP contribution in [0.5, 0.6) is 0 Å². The van der Waals surface area contributed by atoms with Crippen molar-refractivity contribution in [2.45, 2.75) is 39.5 Å². The average molecular weight is 333 g/mol. The van der Waals surface area contributed by atoms with Gasteiger partial charge in [-0.05, 0) is 57.2 Å². The number of aryl methyl sites for hydroxylation is 2. The highest BCUT2D eigenvalue weighted by molar-refractivity contribution is 7.16. The molecule has 3 rings (SSSR count). The van der Waals surface area contributed by atoms with Gasteiger partial charge in [0.25, 0.3) is 0 Å². The zero-order valence-corrected chi connectivity index (χ0v) is 14.5. The van der Waals surface area contributed by atoms with Gasteiger partial charge in [-0.2, -0.15) is 0 Å². The Morgan fingerprint density at radius 1 is 1.32 bits per heavy atom. The summed E-state index contributed by atoms with van der Waals surface area (Å²) in [5.41, 5.74) is 1.87. The molecule has 0 N–H and O–H groups in total. The molecule has 2 heterocycles. The van der Waals surface area contributed by atoms with E-state index in [-0.39, 0.29) is 5.97 Å². The summed E-state index contributed by atoms with van der Waals surface area (Å²) in [6, 6.07) is 4.14. The number of rotatable bonds is 4. The molecule has 0 bridgehead atoms. The molecule has 116 valence electrons. The number of hydrogen-bond donors (Lipinski definition) is 0. The van der Waals surface area contributed by atoms with E-state index < -0.39 is 0 Å². The normalized spacial score (nSPS) is 14.3. The summed E-state index contributed by atoms with van der Waals surface area (Å²) in [5, 5.41) is 0.802. The minimum atomic E-state index is -0.226. The molecule has 0 unspecified atom stereocenters. The van der Waals surface area contributed by atoms with Gasteiger partial charge in [-0.25, -0.2) is 9.79 Å². The van der Waals surface area contributed by atoms with E-state index >= 15 is 0 Å². The largest absolute Gasteiger partial charge is 0.462 e. The third-order valence-corrected chi connectivity index (χ3v) is 5.84. The van der Waals surface area contributed by atoms with Gasteiger partial charge in [0.05, 0.1) is 12.2 Å². The highest BCUT2D eigenvalue weighted by Crippen LogP contribution is 2.40. The first kappa shape index (κ1) is 15.4. The summed E-state index contributed by atoms with van der Waals surface area (Å²) in [7, 11) is 0. The van der Waals surface area contributed by atoms with Gasteiger partial charge in [0.2, 0.25) is 0 Å². The van der Waals surface area contributed by atoms with Crippen LogP contribution >= 0.6 is 22.7 Å². The predicted octanol–water partition coefficient (Wildman–Crippen LogP) is 4.92. The number of esters is 1. The third-order valence-electron chi connectivity index (χ3n) is 3.70. The van der Waals surface area contributed by atoms with Crippen LogP contribution in [0.1, 0.15) is 50.3 Å². The Kier molecular flexibility index (Phi) is 4.74. The van der Waals surface area contributed by atoms with Crippen LogP contribution in [-0.4, -0.2) is 18.8 Å². The van der Waals surface area contributed by atoms with Crippen molar-refractivity contribution in [2.24, 2.45) is 4.99 Å². The van der Waals surface area contributed by atoms with E-state index in [9.17, 15) is 4.79 Å². The lowest BCUT2D eigenvalue weighted by Crippen LogP contribution is -2.09. The quantitative estimate of drug-likeness (QED) is 0.588. The molecule has 2 aromatic heterocycles. The van der Waals surface area contributed by atoms with Crippen molar-refractivity contribution < 1.29 is 9.53 Å². The van der Waals surface area contributed by atoms with Crippen LogP contribution < -0.4 is 0 Å². The van der Waals surface area contributed by atoms with Crippen LogP contribution in [0.2, 0.25) is 0 Å². The fraction of sp³-hybridized carbons (Fsp3) is 0.412. The summed E-state index contributed by atoms with van der Waals surface area (Å²) in [4.78, 5) is 20.6. The van der Waals surface area contributed by atoms with E-state index in [0.717, 1.165) is 29.1 Å². The molecule has 22 heavy (non-hydrogen) atoms. The van der Waals surface area contributed by atoms with Crippen molar-refractivity contribution >= 4 is 39.9 Å². The highest BCUT2D eigenvalue weighted by Gasteiger charge is 2.25. The molecule has 0 fully saturated rings. The first-order valence-electron chi connectivity index (χ1n) is 7.61. The summed E-state index contributed by atoms with van der Waals surface area (Å²) in [5.74, 6) is -0.226. The second kappa shape index (κ2) is 6.75. The van der Waals surface area contributed by atoms with E-state index in [4.69, 9.17) is 4.74 Å². The van der Waals surface area contributed by atoms with Crippen molar-refractivity contribution in [1.82, 2.24) is 0 Å². The lowest BCUT2D eigenvalue weighted by molar-refractivity contribution is 0.0526. The maximum atomic E-state index is 12.3. The molecule has 1 aliphatic carbocycles. The first-order valence-corrected chi connectivity index (χ1v) is 9.24. The highest BCUT2D eigenvalue weighted by atomic mass is 32.1. The molecular formula is C17H19NO2S2. The average Bonchev–Trinajstić information content (AvgIpc) is 3.08. The van der Waals surface area contributed by atoms with E-state index in [1.54, 1.807) is 22.7 Å². The number of thiophene rings is 2. The number of aliphatic imine (C=N–C) groups is 1. The molecule has 0 radical (unpaired) electrons. The van der Waals surface area contributed by atoms with E-state index in [2.05, 4.69) is 24.0 Å². The molecule has 1 aliphatic rings. The predicted molar refractivity (Wildman–Crippen MR) is 93.2 cm³/mol. The van der Waals surface area contributed by atoms with Crippen LogP contribution in [0.4, 0.5) is 5.00 Å². The molecule has 2 aromatic rings. The van der Waals surface area contributed by atoms with Crippen molar-refractivity contribution in [3.05, 3.63) is 37.9 Å². The topological polar surface area (TPSA) is 38.7 Å². The molecule has 0 spiro atoms. The van der Waals surface area contributed by atoms with Crippen molar-refractivity contribution in [3.8, 4) is 0 Å². The van der Waals surface area contributed by atoms with Crippen LogP contribution in [0, 0.1) is 6.92 Å². The van der Waals surface area contributed by atoms with Crippen molar-refractivity contribution in [2.75, 3.05) is 6.61 Å². The summed E-state index contributed by atoms with van der Waals surface area (Å²) >= 11 is 3.35. The maximum absolute atomic E-state index is 12.3. The minimum Gasteiger partial charge on any atom is -0.462 e. The fourth-order valence-electron chi connectivity index (χ4n) is 2.70. The number of carbonyl (C=O) groups excluding carboxylic acids is 1. The Morgan fingerprint density at radius 3 is 2.86 bits per heavy atom. The molecule has 0 aliphatic heterocycles. The molecular weight excluding hydrogens is 314 g/mol. The smallest absolute Gasteiger partial charge is 0.341 e. The second-order valence-corrected chi connectivity index (χ2v) is 7.72. The van der Waals surface area contributed by atoms with Gasteiger partial charge in [0, 0.05) is 20.8 Å². The lowest BCUT2D eigenvalue weighted by atomic mass is 9.95. The van der Waals surface area contributed by atoms with Gasteiger partial charge in [-0.15, -0.1) is 22.7 Å². The van der Waals surface area contributed by atoms with Crippen LogP contribution in [0.25, 0.3) is 0 Å². The number of ether oxygens (including phenoxy) is 1. The van der Waals surface area contributed by atoms with Gasteiger partial charge in [0.15, 0.2) is 0 Å². The Bertz CT molecular complexity index is 712. The van der Waals surface area contributed by atoms with Gasteiger partial charge in [-0.3, -0.25) is 0 Å². The monoisotopic (exact) mass is 333 g/mol. The van der Waals surface area contributed by atoms with Gasteiger partial charge in [0.1, 0.15) is 5.00 Å². The molecule has 0 amide bonds. The first-order chi connectivity index (χ1) is 10.7. The van der Waals surface area contributed by atoms with Crippen molar-refractivity contribution in [1.29, 1.82) is 0 Å². The van der Waals surface area contributed by atoms with E-state index in [1.807, 2.05) is 13.1 Å². The second-order valence-electron chi connectivity index (χ2n) is 5.32. The number of fused-ring (bicyclic) bond motifs is 1. The molecule has 0 saturated heterocycles.